The Morgan fingerprint density at radius 2 is 1.88 bits per heavy atom. The molecule has 0 atom stereocenters. The van der Waals surface area contributed by atoms with Crippen molar-refractivity contribution < 1.29 is 9.53 Å². The van der Waals surface area contributed by atoms with Crippen molar-refractivity contribution in [1.82, 2.24) is 20.3 Å². The zero-order valence-corrected chi connectivity index (χ0v) is 14.3. The van der Waals surface area contributed by atoms with E-state index < -0.39 is 0 Å². The lowest BCUT2D eigenvalue weighted by Gasteiger charge is -2.26. The van der Waals surface area contributed by atoms with Crippen LogP contribution in [0.1, 0.15) is 16.2 Å². The molecule has 1 aliphatic rings. The first-order valence-electron chi connectivity index (χ1n) is 8.58. The van der Waals surface area contributed by atoms with Crippen LogP contribution in [0.5, 0.6) is 0 Å². The van der Waals surface area contributed by atoms with Crippen LogP contribution in [0.3, 0.4) is 0 Å². The van der Waals surface area contributed by atoms with Gasteiger partial charge in [0.2, 0.25) is 5.95 Å². The highest BCUT2D eigenvalue weighted by Crippen LogP contribution is 2.16. The molecule has 0 radical (unpaired) electrons. The smallest absolute Gasteiger partial charge is 0.270 e. The second kappa shape index (κ2) is 7.45. The molecule has 2 aromatic heterocycles. The van der Waals surface area contributed by atoms with Gasteiger partial charge >= 0.3 is 0 Å². The minimum atomic E-state index is -0.215. The minimum absolute atomic E-state index is 0.215. The van der Waals surface area contributed by atoms with E-state index >= 15 is 0 Å². The molecule has 0 spiro atoms. The number of rotatable bonds is 4. The first-order chi connectivity index (χ1) is 12.8. The van der Waals surface area contributed by atoms with Crippen molar-refractivity contribution in [2.75, 3.05) is 31.2 Å². The molecule has 1 aromatic carbocycles. The number of amides is 1. The van der Waals surface area contributed by atoms with Crippen molar-refractivity contribution in [3.8, 4) is 0 Å². The Balaban J connectivity index is 1.47. The molecule has 0 aliphatic carbocycles. The number of hydrogen-bond donors (Lipinski definition) is 1. The summed E-state index contributed by atoms with van der Waals surface area (Å²) < 4.78 is 5.35. The van der Waals surface area contributed by atoms with E-state index in [9.17, 15) is 4.79 Å². The Morgan fingerprint density at radius 1 is 1.08 bits per heavy atom. The standard InChI is InChI=1S/C19H19N5O2/c25-18(17-16-4-2-1-3-14(16)5-7-20-17)22-13-15-6-8-21-19(23-15)24-9-11-26-12-10-24/h1-8H,9-13H2,(H,22,25). The molecule has 1 N–H and O–H groups in total. The second-order valence-corrected chi connectivity index (χ2v) is 6.01. The molecule has 0 saturated carbocycles. The van der Waals surface area contributed by atoms with Crippen LogP contribution in [0, 0.1) is 0 Å². The molecular weight excluding hydrogens is 330 g/mol. The monoisotopic (exact) mass is 349 g/mol. The summed E-state index contributed by atoms with van der Waals surface area (Å²) >= 11 is 0. The number of nitrogens with zero attached hydrogens (tertiary/aromatic N) is 4. The number of fused-ring (bicyclic) bond motifs is 1. The van der Waals surface area contributed by atoms with Crippen molar-refractivity contribution in [2.24, 2.45) is 0 Å². The molecule has 0 unspecified atom stereocenters. The van der Waals surface area contributed by atoms with Gasteiger partial charge in [-0.1, -0.05) is 24.3 Å². The van der Waals surface area contributed by atoms with Gasteiger partial charge in [-0.25, -0.2) is 9.97 Å². The van der Waals surface area contributed by atoms with E-state index in [4.69, 9.17) is 4.74 Å². The average Bonchev–Trinajstić information content (AvgIpc) is 2.72. The second-order valence-electron chi connectivity index (χ2n) is 6.01. The molecule has 4 rings (SSSR count). The summed E-state index contributed by atoms with van der Waals surface area (Å²) in [6.07, 6.45) is 3.37. The van der Waals surface area contributed by atoms with Crippen LogP contribution in [0.2, 0.25) is 0 Å². The van der Waals surface area contributed by atoms with Gasteiger partial charge in [0.1, 0.15) is 5.69 Å². The molecule has 1 fully saturated rings. The lowest BCUT2D eigenvalue weighted by atomic mass is 10.1. The van der Waals surface area contributed by atoms with E-state index in [1.54, 1.807) is 18.5 Å². The number of pyridine rings is 1. The van der Waals surface area contributed by atoms with Crippen molar-refractivity contribution in [2.45, 2.75) is 6.54 Å². The van der Waals surface area contributed by atoms with E-state index in [-0.39, 0.29) is 5.91 Å². The maximum atomic E-state index is 12.6. The van der Waals surface area contributed by atoms with Crippen molar-refractivity contribution in [3.05, 3.63) is 60.2 Å². The third kappa shape index (κ3) is 3.48. The lowest BCUT2D eigenvalue weighted by molar-refractivity contribution is 0.0947. The Labute approximate surface area is 151 Å². The summed E-state index contributed by atoms with van der Waals surface area (Å²) in [7, 11) is 0. The van der Waals surface area contributed by atoms with Crippen LogP contribution >= 0.6 is 0 Å². The molecule has 7 nitrogen and oxygen atoms in total. The fourth-order valence-electron chi connectivity index (χ4n) is 2.95. The van der Waals surface area contributed by atoms with Crippen LogP contribution in [0.25, 0.3) is 10.8 Å². The van der Waals surface area contributed by atoms with Gasteiger partial charge in [0.15, 0.2) is 0 Å². The SMILES string of the molecule is O=C(NCc1ccnc(N2CCOCC2)n1)c1nccc2ccccc12. The number of carbonyl (C=O) groups is 1. The summed E-state index contributed by atoms with van der Waals surface area (Å²) in [4.78, 5) is 27.8. The van der Waals surface area contributed by atoms with Crippen molar-refractivity contribution >= 4 is 22.6 Å². The highest BCUT2D eigenvalue weighted by molar-refractivity contribution is 6.05. The van der Waals surface area contributed by atoms with Crippen molar-refractivity contribution in [1.29, 1.82) is 0 Å². The van der Waals surface area contributed by atoms with Crippen molar-refractivity contribution in [3.63, 3.8) is 0 Å². The lowest BCUT2D eigenvalue weighted by Crippen LogP contribution is -2.37. The number of morpholine rings is 1. The number of aromatic nitrogens is 3. The Morgan fingerprint density at radius 3 is 2.77 bits per heavy atom. The fraction of sp³-hybridized carbons (Fsp3) is 0.263. The van der Waals surface area contributed by atoms with Crippen LogP contribution in [0.15, 0.2) is 48.8 Å². The summed E-state index contributed by atoms with van der Waals surface area (Å²) in [6, 6.07) is 11.4. The van der Waals surface area contributed by atoms with E-state index in [2.05, 4.69) is 25.2 Å². The predicted molar refractivity (Wildman–Crippen MR) is 98.0 cm³/mol. The molecule has 3 aromatic rings. The minimum Gasteiger partial charge on any atom is -0.378 e. The quantitative estimate of drug-likeness (QED) is 0.773. The zero-order chi connectivity index (χ0) is 17.8. The number of ether oxygens (including phenoxy) is 1. The van der Waals surface area contributed by atoms with Gasteiger partial charge in [0, 0.05) is 30.9 Å². The normalized spacial score (nSPS) is 14.4. The number of hydrogen-bond acceptors (Lipinski definition) is 6. The number of nitrogens with one attached hydrogen (secondary N) is 1. The third-order valence-corrected chi connectivity index (χ3v) is 4.31. The summed E-state index contributed by atoms with van der Waals surface area (Å²) in [5.41, 5.74) is 1.18. The van der Waals surface area contributed by atoms with Crippen LogP contribution in [0.4, 0.5) is 5.95 Å². The maximum absolute atomic E-state index is 12.6. The molecule has 7 heteroatoms. The topological polar surface area (TPSA) is 80.2 Å². The Hall–Kier alpha value is -3.06. The first-order valence-corrected chi connectivity index (χ1v) is 8.58. The van der Waals surface area contributed by atoms with Gasteiger partial charge in [-0.3, -0.25) is 9.78 Å². The highest BCUT2D eigenvalue weighted by Gasteiger charge is 2.15. The Kier molecular flexibility index (Phi) is 4.70. The molecule has 132 valence electrons. The number of benzene rings is 1. The molecule has 26 heavy (non-hydrogen) atoms. The average molecular weight is 349 g/mol. The highest BCUT2D eigenvalue weighted by atomic mass is 16.5. The van der Waals surface area contributed by atoms with Gasteiger partial charge in [-0.2, -0.15) is 0 Å². The predicted octanol–water partition coefficient (Wildman–Crippen LogP) is 1.79. The third-order valence-electron chi connectivity index (χ3n) is 4.31. The Bertz CT molecular complexity index is 919. The van der Waals surface area contributed by atoms with E-state index in [0.717, 1.165) is 29.6 Å². The first kappa shape index (κ1) is 16.4. The van der Waals surface area contributed by atoms with Gasteiger partial charge in [0.05, 0.1) is 25.5 Å². The van der Waals surface area contributed by atoms with E-state index in [1.807, 2.05) is 30.3 Å². The van der Waals surface area contributed by atoms with E-state index in [0.29, 0.717) is 31.4 Å². The van der Waals surface area contributed by atoms with Crippen LogP contribution in [-0.4, -0.2) is 47.2 Å². The summed E-state index contributed by atoms with van der Waals surface area (Å²) in [5, 5.41) is 4.73. The molecule has 0 bridgehead atoms. The summed E-state index contributed by atoms with van der Waals surface area (Å²) in [6.45, 7) is 3.23. The number of carbonyl (C=O) groups excluding carboxylic acids is 1. The molecular formula is C19H19N5O2. The maximum Gasteiger partial charge on any atom is 0.270 e. The molecule has 1 saturated heterocycles. The largest absolute Gasteiger partial charge is 0.378 e. The van der Waals surface area contributed by atoms with Crippen LogP contribution in [-0.2, 0) is 11.3 Å². The molecule has 1 amide bonds. The summed E-state index contributed by atoms with van der Waals surface area (Å²) in [5.74, 6) is 0.455. The fourth-order valence-corrected chi connectivity index (χ4v) is 2.95. The zero-order valence-electron chi connectivity index (χ0n) is 14.3. The van der Waals surface area contributed by atoms with E-state index in [1.165, 1.54) is 0 Å². The van der Waals surface area contributed by atoms with Gasteiger partial charge in [-0.15, -0.1) is 0 Å². The van der Waals surface area contributed by atoms with Gasteiger partial charge in [-0.05, 0) is 17.5 Å². The molecule has 1 aliphatic heterocycles. The molecule has 3 heterocycles. The van der Waals surface area contributed by atoms with Gasteiger partial charge < -0.3 is 15.0 Å². The van der Waals surface area contributed by atoms with Gasteiger partial charge in [0.25, 0.3) is 5.91 Å². The number of anilines is 1. The van der Waals surface area contributed by atoms with Crippen LogP contribution < -0.4 is 10.2 Å².